The van der Waals surface area contributed by atoms with Crippen LogP contribution < -0.4 is 16.6 Å². The second-order valence-corrected chi connectivity index (χ2v) is 5.44. The van der Waals surface area contributed by atoms with Gasteiger partial charge in [0.05, 0.1) is 5.69 Å². The number of aromatic nitrogens is 2. The summed E-state index contributed by atoms with van der Waals surface area (Å²) in [6.07, 6.45) is 0. The number of H-pyrrole nitrogens is 1. The second-order valence-electron chi connectivity index (χ2n) is 5.00. The Balaban J connectivity index is 2.06. The van der Waals surface area contributed by atoms with Gasteiger partial charge in [-0.1, -0.05) is 23.7 Å². The zero-order valence-electron chi connectivity index (χ0n) is 12.4. The number of halogens is 1. The third-order valence-corrected chi connectivity index (χ3v) is 3.57. The van der Waals surface area contributed by atoms with E-state index in [1.54, 1.807) is 48.5 Å². The monoisotopic (exact) mass is 337 g/mol. The fraction of sp³-hybridized carbons (Fsp3) is 0. The molecule has 24 heavy (non-hydrogen) atoms. The van der Waals surface area contributed by atoms with E-state index in [1.807, 2.05) is 6.07 Å². The van der Waals surface area contributed by atoms with Crippen LogP contribution in [0.15, 0.2) is 53.3 Å². The van der Waals surface area contributed by atoms with Crippen LogP contribution in [0.5, 0.6) is 0 Å². The number of rotatable bonds is 3. The van der Waals surface area contributed by atoms with Gasteiger partial charge in [0.2, 0.25) is 5.95 Å². The molecular formula is C17H12ClN5O. The number of aromatic amines is 1. The molecule has 2 aromatic carbocycles. The summed E-state index contributed by atoms with van der Waals surface area (Å²) in [4.78, 5) is 19.1. The molecule has 1 heterocycles. The van der Waals surface area contributed by atoms with E-state index in [0.29, 0.717) is 22.0 Å². The molecule has 0 fully saturated rings. The molecule has 3 aromatic rings. The molecule has 7 heteroatoms. The fourth-order valence-electron chi connectivity index (χ4n) is 2.16. The predicted octanol–water partition coefficient (Wildman–Crippen LogP) is 3.29. The van der Waals surface area contributed by atoms with Crippen molar-refractivity contribution in [2.75, 3.05) is 11.1 Å². The number of hydrogen-bond acceptors (Lipinski definition) is 5. The fourth-order valence-corrected chi connectivity index (χ4v) is 2.28. The van der Waals surface area contributed by atoms with Gasteiger partial charge in [0.15, 0.2) is 0 Å². The molecule has 0 amide bonds. The predicted molar refractivity (Wildman–Crippen MR) is 94.2 cm³/mol. The molecule has 0 spiro atoms. The van der Waals surface area contributed by atoms with E-state index in [-0.39, 0.29) is 17.2 Å². The van der Waals surface area contributed by atoms with Crippen molar-refractivity contribution in [3.05, 3.63) is 69.5 Å². The van der Waals surface area contributed by atoms with Crippen LogP contribution in [0.25, 0.3) is 11.3 Å². The maximum atomic E-state index is 12.2. The minimum absolute atomic E-state index is 0.0542. The van der Waals surface area contributed by atoms with E-state index in [9.17, 15) is 10.1 Å². The Morgan fingerprint density at radius 2 is 1.79 bits per heavy atom. The van der Waals surface area contributed by atoms with Gasteiger partial charge in [0.25, 0.3) is 5.56 Å². The first-order chi connectivity index (χ1) is 11.6. The summed E-state index contributed by atoms with van der Waals surface area (Å²) in [6, 6.07) is 15.6. The average Bonchev–Trinajstić information content (AvgIpc) is 2.57. The molecule has 0 bridgehead atoms. The summed E-state index contributed by atoms with van der Waals surface area (Å²) in [5.41, 5.74) is 7.31. The number of nitrogens with one attached hydrogen (secondary N) is 2. The average molecular weight is 338 g/mol. The molecule has 0 aliphatic heterocycles. The van der Waals surface area contributed by atoms with Crippen LogP contribution in [0, 0.1) is 11.3 Å². The van der Waals surface area contributed by atoms with Crippen molar-refractivity contribution in [2.24, 2.45) is 0 Å². The molecule has 1 aromatic heterocycles. The Hall–Kier alpha value is -3.30. The highest BCUT2D eigenvalue weighted by atomic mass is 35.5. The molecular weight excluding hydrogens is 326 g/mol. The lowest BCUT2D eigenvalue weighted by atomic mass is 10.1. The number of nitrogen functional groups attached to an aromatic ring is 1. The molecule has 0 atom stereocenters. The van der Waals surface area contributed by atoms with Gasteiger partial charge >= 0.3 is 0 Å². The number of nitrogens with zero attached hydrogens (tertiary/aromatic N) is 2. The van der Waals surface area contributed by atoms with Gasteiger partial charge in [0.1, 0.15) is 11.6 Å². The van der Waals surface area contributed by atoms with E-state index < -0.39 is 5.56 Å². The van der Waals surface area contributed by atoms with E-state index in [1.165, 1.54) is 0 Å². The smallest absolute Gasteiger partial charge is 0.270 e. The minimum atomic E-state index is -0.518. The Morgan fingerprint density at radius 3 is 2.42 bits per heavy atom. The lowest BCUT2D eigenvalue weighted by molar-refractivity contribution is 1.11. The Bertz CT molecular complexity index is 972. The molecule has 3 rings (SSSR count). The van der Waals surface area contributed by atoms with Crippen molar-refractivity contribution in [1.29, 1.82) is 5.26 Å². The summed E-state index contributed by atoms with van der Waals surface area (Å²) in [5, 5.41) is 12.8. The molecule has 6 nitrogen and oxygen atoms in total. The minimum Gasteiger partial charge on any atom is -0.399 e. The zero-order valence-corrected chi connectivity index (χ0v) is 13.1. The Labute approximate surface area is 142 Å². The third-order valence-electron chi connectivity index (χ3n) is 3.32. The summed E-state index contributed by atoms with van der Waals surface area (Å²) >= 11 is 5.85. The molecule has 0 aliphatic rings. The van der Waals surface area contributed by atoms with Gasteiger partial charge in [-0.3, -0.25) is 9.78 Å². The summed E-state index contributed by atoms with van der Waals surface area (Å²) in [5.74, 6) is 0.230. The van der Waals surface area contributed by atoms with Crippen molar-refractivity contribution >= 4 is 28.9 Å². The lowest BCUT2D eigenvalue weighted by Crippen LogP contribution is -2.16. The van der Waals surface area contributed by atoms with Crippen molar-refractivity contribution < 1.29 is 0 Å². The summed E-state index contributed by atoms with van der Waals surface area (Å²) < 4.78 is 0. The first-order valence-corrected chi connectivity index (χ1v) is 7.37. The van der Waals surface area contributed by atoms with Gasteiger partial charge < -0.3 is 11.1 Å². The van der Waals surface area contributed by atoms with E-state index in [2.05, 4.69) is 15.3 Å². The standard InChI is InChI=1S/C17H12ClN5O/c18-11-3-7-13(8-4-11)21-17-22-15(14(9-19)16(24)23-17)10-1-5-12(20)6-2-10/h1-8H,20H2,(H2,21,22,23,24). The molecule has 0 saturated carbocycles. The normalized spacial score (nSPS) is 10.2. The third kappa shape index (κ3) is 3.21. The van der Waals surface area contributed by atoms with Crippen LogP contribution >= 0.6 is 11.6 Å². The van der Waals surface area contributed by atoms with Crippen LogP contribution in [-0.4, -0.2) is 9.97 Å². The molecule has 0 aliphatic carbocycles. The highest BCUT2D eigenvalue weighted by Gasteiger charge is 2.13. The van der Waals surface area contributed by atoms with Crippen LogP contribution in [0.3, 0.4) is 0 Å². The van der Waals surface area contributed by atoms with Gasteiger partial charge in [-0.2, -0.15) is 5.26 Å². The van der Waals surface area contributed by atoms with E-state index >= 15 is 0 Å². The summed E-state index contributed by atoms with van der Waals surface area (Å²) in [7, 11) is 0. The molecule has 118 valence electrons. The van der Waals surface area contributed by atoms with E-state index in [0.717, 1.165) is 0 Å². The quantitative estimate of drug-likeness (QED) is 0.635. The lowest BCUT2D eigenvalue weighted by Gasteiger charge is -2.09. The van der Waals surface area contributed by atoms with Crippen LogP contribution in [0.1, 0.15) is 5.56 Å². The first-order valence-electron chi connectivity index (χ1n) is 7.00. The highest BCUT2D eigenvalue weighted by Crippen LogP contribution is 2.22. The van der Waals surface area contributed by atoms with Gasteiger partial charge in [-0.25, -0.2) is 4.98 Å². The first kappa shape index (κ1) is 15.6. The SMILES string of the molecule is N#Cc1c(-c2ccc(N)cc2)nc(Nc2ccc(Cl)cc2)[nH]c1=O. The van der Waals surface area contributed by atoms with Crippen LogP contribution in [-0.2, 0) is 0 Å². The van der Waals surface area contributed by atoms with Crippen LogP contribution in [0.2, 0.25) is 5.02 Å². The largest absolute Gasteiger partial charge is 0.399 e. The van der Waals surface area contributed by atoms with Gasteiger partial charge in [-0.05, 0) is 36.4 Å². The molecule has 0 saturated heterocycles. The van der Waals surface area contributed by atoms with Crippen molar-refractivity contribution in [1.82, 2.24) is 9.97 Å². The Kier molecular flexibility index (Phi) is 4.18. The van der Waals surface area contributed by atoms with Crippen molar-refractivity contribution in [3.8, 4) is 17.3 Å². The molecule has 0 unspecified atom stereocenters. The molecule has 4 N–H and O–H groups in total. The van der Waals surface area contributed by atoms with Crippen molar-refractivity contribution in [3.63, 3.8) is 0 Å². The summed E-state index contributed by atoms with van der Waals surface area (Å²) in [6.45, 7) is 0. The number of nitriles is 1. The number of hydrogen-bond donors (Lipinski definition) is 3. The van der Waals surface area contributed by atoms with Crippen LogP contribution in [0.4, 0.5) is 17.3 Å². The van der Waals surface area contributed by atoms with Crippen molar-refractivity contribution in [2.45, 2.75) is 0 Å². The van der Waals surface area contributed by atoms with Gasteiger partial charge in [0, 0.05) is 22.0 Å². The zero-order chi connectivity index (χ0) is 17.1. The molecule has 0 radical (unpaired) electrons. The second kappa shape index (κ2) is 6.44. The maximum absolute atomic E-state index is 12.2. The maximum Gasteiger partial charge on any atom is 0.270 e. The number of anilines is 3. The Morgan fingerprint density at radius 1 is 1.12 bits per heavy atom. The topological polar surface area (TPSA) is 108 Å². The van der Waals surface area contributed by atoms with Gasteiger partial charge in [-0.15, -0.1) is 0 Å². The highest BCUT2D eigenvalue weighted by molar-refractivity contribution is 6.30. The number of benzene rings is 2. The number of nitrogens with two attached hydrogens (primary N) is 1. The van der Waals surface area contributed by atoms with E-state index in [4.69, 9.17) is 17.3 Å².